The summed E-state index contributed by atoms with van der Waals surface area (Å²) in [6, 6.07) is 20.0. The number of aromatic nitrogens is 2. The molecule has 1 heterocycles. The van der Waals surface area contributed by atoms with Crippen molar-refractivity contribution in [3.63, 3.8) is 0 Å². The van der Waals surface area contributed by atoms with Gasteiger partial charge in [-0.25, -0.2) is 5.10 Å². The molecule has 0 aliphatic carbocycles. The molecule has 3 rings (SSSR count). The Labute approximate surface area is 136 Å². The van der Waals surface area contributed by atoms with Crippen LogP contribution in [0.1, 0.15) is 17.0 Å². The second-order valence-corrected chi connectivity index (χ2v) is 5.39. The van der Waals surface area contributed by atoms with Crippen molar-refractivity contribution in [2.45, 2.75) is 13.8 Å². The SMILES string of the molecule is COc1ccccc1N=C(c1ccccc1)[n+]1[nH]c(C)cc1C. The van der Waals surface area contributed by atoms with Gasteiger partial charge in [0.05, 0.1) is 18.4 Å². The smallest absolute Gasteiger partial charge is 0.354 e. The molecule has 0 saturated carbocycles. The number of hydrogen-bond acceptors (Lipinski definition) is 2. The average Bonchev–Trinajstić information content (AvgIpc) is 2.92. The fraction of sp³-hybridized carbons (Fsp3) is 0.158. The molecule has 4 nitrogen and oxygen atoms in total. The monoisotopic (exact) mass is 306 g/mol. The Kier molecular flexibility index (Phi) is 4.24. The van der Waals surface area contributed by atoms with E-state index < -0.39 is 0 Å². The summed E-state index contributed by atoms with van der Waals surface area (Å²) in [5.74, 6) is 1.59. The van der Waals surface area contributed by atoms with Crippen LogP contribution in [0.15, 0.2) is 65.7 Å². The number of aryl methyl sites for hydroxylation is 2. The number of para-hydroxylation sites is 2. The lowest BCUT2D eigenvalue weighted by Crippen LogP contribution is -2.47. The molecule has 0 fully saturated rings. The van der Waals surface area contributed by atoms with Crippen LogP contribution < -0.4 is 9.42 Å². The molecule has 2 aromatic carbocycles. The maximum absolute atomic E-state index is 5.43. The lowest BCUT2D eigenvalue weighted by atomic mass is 10.2. The lowest BCUT2D eigenvalue weighted by Gasteiger charge is -2.03. The zero-order valence-corrected chi connectivity index (χ0v) is 13.6. The average molecular weight is 306 g/mol. The molecule has 0 spiro atoms. The van der Waals surface area contributed by atoms with Gasteiger partial charge in [0.2, 0.25) is 5.69 Å². The van der Waals surface area contributed by atoms with Gasteiger partial charge >= 0.3 is 5.84 Å². The Hall–Kier alpha value is -2.88. The predicted molar refractivity (Wildman–Crippen MR) is 91.5 cm³/mol. The predicted octanol–water partition coefficient (Wildman–Crippen LogP) is 3.55. The molecule has 23 heavy (non-hydrogen) atoms. The second kappa shape index (κ2) is 6.48. The van der Waals surface area contributed by atoms with Gasteiger partial charge in [0.15, 0.2) is 5.75 Å². The quantitative estimate of drug-likeness (QED) is 0.449. The number of benzene rings is 2. The van der Waals surface area contributed by atoms with Crippen molar-refractivity contribution >= 4 is 11.5 Å². The highest BCUT2D eigenvalue weighted by Crippen LogP contribution is 2.26. The van der Waals surface area contributed by atoms with E-state index in [2.05, 4.69) is 30.2 Å². The summed E-state index contributed by atoms with van der Waals surface area (Å²) < 4.78 is 7.42. The first-order valence-corrected chi connectivity index (χ1v) is 7.55. The second-order valence-electron chi connectivity index (χ2n) is 5.39. The van der Waals surface area contributed by atoms with Crippen molar-refractivity contribution in [1.29, 1.82) is 0 Å². The molecule has 0 radical (unpaired) electrons. The van der Waals surface area contributed by atoms with Gasteiger partial charge in [-0.1, -0.05) is 30.3 Å². The summed E-state index contributed by atoms with van der Waals surface area (Å²) >= 11 is 0. The molecule has 0 aliphatic rings. The maximum Gasteiger partial charge on any atom is 0.354 e. The van der Waals surface area contributed by atoms with Gasteiger partial charge in [0.1, 0.15) is 5.69 Å². The Morgan fingerprint density at radius 1 is 1.00 bits per heavy atom. The van der Waals surface area contributed by atoms with E-state index in [0.29, 0.717) is 0 Å². The minimum absolute atomic E-state index is 0.752. The summed E-state index contributed by atoms with van der Waals surface area (Å²) in [5.41, 5.74) is 4.02. The van der Waals surface area contributed by atoms with E-state index in [9.17, 15) is 0 Å². The van der Waals surface area contributed by atoms with Gasteiger partial charge in [-0.2, -0.15) is 0 Å². The van der Waals surface area contributed by atoms with E-state index in [0.717, 1.165) is 34.2 Å². The number of rotatable bonds is 3. The van der Waals surface area contributed by atoms with E-state index in [-0.39, 0.29) is 0 Å². The van der Waals surface area contributed by atoms with E-state index in [1.54, 1.807) is 7.11 Å². The van der Waals surface area contributed by atoms with Crippen LogP contribution in [0.5, 0.6) is 5.75 Å². The zero-order chi connectivity index (χ0) is 16.2. The van der Waals surface area contributed by atoms with Crippen LogP contribution >= 0.6 is 0 Å². The van der Waals surface area contributed by atoms with Gasteiger partial charge in [-0.3, -0.25) is 0 Å². The standard InChI is InChI=1S/C19H19N3O/c1-14-13-15(2)22(21-14)19(16-9-5-4-6-10-16)20-17-11-7-8-12-18(17)23-3/h4-13H,1-3H3/p+1. The number of aromatic amines is 1. The lowest BCUT2D eigenvalue weighted by molar-refractivity contribution is -0.623. The molecular weight excluding hydrogens is 286 g/mol. The van der Waals surface area contributed by atoms with Crippen molar-refractivity contribution in [2.24, 2.45) is 4.99 Å². The minimum atomic E-state index is 0.752. The molecule has 0 bridgehead atoms. The zero-order valence-electron chi connectivity index (χ0n) is 13.6. The van der Waals surface area contributed by atoms with Gasteiger partial charge in [-0.15, -0.1) is 4.68 Å². The first-order valence-electron chi connectivity index (χ1n) is 7.55. The summed E-state index contributed by atoms with van der Waals surface area (Å²) in [7, 11) is 1.66. The largest absolute Gasteiger partial charge is 0.492 e. The fourth-order valence-electron chi connectivity index (χ4n) is 2.56. The number of aliphatic imine (C=N–C) groups is 1. The summed E-state index contributed by atoms with van der Waals surface area (Å²) in [6.45, 7) is 4.10. The van der Waals surface area contributed by atoms with E-state index in [4.69, 9.17) is 9.73 Å². The molecule has 1 aromatic heterocycles. The van der Waals surface area contributed by atoms with Crippen LogP contribution in [0, 0.1) is 13.8 Å². The molecule has 1 N–H and O–H groups in total. The van der Waals surface area contributed by atoms with Gasteiger partial charge in [0.25, 0.3) is 0 Å². The molecule has 0 saturated heterocycles. The highest BCUT2D eigenvalue weighted by atomic mass is 16.5. The molecule has 3 aromatic rings. The van der Waals surface area contributed by atoms with Crippen LogP contribution in [0.2, 0.25) is 0 Å². The molecule has 0 atom stereocenters. The van der Waals surface area contributed by atoms with E-state index in [1.165, 1.54) is 0 Å². The molecule has 0 aliphatic heterocycles. The highest BCUT2D eigenvalue weighted by molar-refractivity contribution is 5.94. The van der Waals surface area contributed by atoms with Gasteiger partial charge in [0, 0.05) is 13.0 Å². The molecule has 4 heteroatoms. The topological polar surface area (TPSA) is 41.3 Å². The summed E-state index contributed by atoms with van der Waals surface area (Å²) in [5, 5.41) is 3.35. The van der Waals surface area contributed by atoms with Crippen molar-refractivity contribution in [2.75, 3.05) is 7.11 Å². The molecular formula is C19H20N3O+. The van der Waals surface area contributed by atoms with Crippen LogP contribution in [0.3, 0.4) is 0 Å². The first-order chi connectivity index (χ1) is 11.2. The minimum Gasteiger partial charge on any atom is -0.492 e. The van der Waals surface area contributed by atoms with Crippen molar-refractivity contribution in [1.82, 2.24) is 5.10 Å². The molecule has 0 unspecified atom stereocenters. The van der Waals surface area contributed by atoms with Crippen molar-refractivity contribution in [3.05, 3.63) is 77.6 Å². The first kappa shape index (κ1) is 15.0. The van der Waals surface area contributed by atoms with Crippen LogP contribution in [0.25, 0.3) is 0 Å². The van der Waals surface area contributed by atoms with Crippen LogP contribution in [-0.2, 0) is 0 Å². The van der Waals surface area contributed by atoms with Gasteiger partial charge in [-0.05, 0) is 36.2 Å². The third-order valence-corrected chi connectivity index (χ3v) is 3.62. The fourth-order valence-corrected chi connectivity index (χ4v) is 2.56. The Bertz CT molecular complexity index is 835. The maximum atomic E-state index is 5.43. The Morgan fingerprint density at radius 2 is 1.70 bits per heavy atom. The van der Waals surface area contributed by atoms with Gasteiger partial charge < -0.3 is 4.74 Å². The Morgan fingerprint density at radius 3 is 2.35 bits per heavy atom. The number of hydrogen-bond donors (Lipinski definition) is 1. The van der Waals surface area contributed by atoms with Crippen molar-refractivity contribution < 1.29 is 9.42 Å². The number of H-pyrrole nitrogens is 1. The third kappa shape index (κ3) is 3.16. The van der Waals surface area contributed by atoms with E-state index in [1.807, 2.05) is 54.1 Å². The number of methoxy groups -OCH3 is 1. The van der Waals surface area contributed by atoms with Crippen LogP contribution in [-0.4, -0.2) is 18.0 Å². The van der Waals surface area contributed by atoms with Crippen molar-refractivity contribution in [3.8, 4) is 5.75 Å². The summed E-state index contributed by atoms with van der Waals surface area (Å²) in [6.07, 6.45) is 0. The number of nitrogens with zero attached hydrogens (tertiary/aromatic N) is 2. The highest BCUT2D eigenvalue weighted by Gasteiger charge is 2.21. The number of ether oxygens (including phenoxy) is 1. The molecule has 0 amide bonds. The van der Waals surface area contributed by atoms with E-state index >= 15 is 0 Å². The summed E-state index contributed by atoms with van der Waals surface area (Å²) in [4.78, 5) is 4.87. The van der Waals surface area contributed by atoms with Crippen LogP contribution in [0.4, 0.5) is 5.69 Å². The Balaban J connectivity index is 2.20. The molecule has 116 valence electrons. The number of nitrogens with one attached hydrogen (secondary N) is 1. The third-order valence-electron chi connectivity index (χ3n) is 3.62. The normalized spacial score (nSPS) is 11.5.